The van der Waals surface area contributed by atoms with Gasteiger partial charge in [-0.3, -0.25) is 4.90 Å². The fourth-order valence-electron chi connectivity index (χ4n) is 2.13. The first-order valence-electron chi connectivity index (χ1n) is 6.85. The van der Waals surface area contributed by atoms with Gasteiger partial charge in [-0.2, -0.15) is 0 Å². The Kier molecular flexibility index (Phi) is 6.76. The van der Waals surface area contributed by atoms with Crippen molar-refractivity contribution in [2.24, 2.45) is 0 Å². The van der Waals surface area contributed by atoms with E-state index in [-0.39, 0.29) is 20.0 Å². The molecule has 0 unspecified atom stereocenters. The van der Waals surface area contributed by atoms with Crippen LogP contribution >= 0.6 is 34.8 Å². The Morgan fingerprint density at radius 2 is 1.82 bits per heavy atom. The van der Waals surface area contributed by atoms with Crippen LogP contribution in [0.5, 0.6) is 0 Å². The van der Waals surface area contributed by atoms with Crippen LogP contribution in [0.1, 0.15) is 6.42 Å². The number of halogens is 3. The molecule has 0 radical (unpaired) electrons. The van der Waals surface area contributed by atoms with Crippen molar-refractivity contribution < 1.29 is 13.2 Å². The zero-order valence-corrected chi connectivity index (χ0v) is 14.9. The molecule has 22 heavy (non-hydrogen) atoms. The van der Waals surface area contributed by atoms with Crippen LogP contribution in [-0.4, -0.2) is 52.7 Å². The van der Waals surface area contributed by atoms with Crippen molar-refractivity contribution in [2.45, 2.75) is 11.3 Å². The number of hydrogen-bond donors (Lipinski definition) is 1. The molecule has 5 nitrogen and oxygen atoms in total. The summed E-state index contributed by atoms with van der Waals surface area (Å²) in [6.45, 7) is 4.36. The largest absolute Gasteiger partial charge is 0.379 e. The van der Waals surface area contributed by atoms with E-state index >= 15 is 0 Å². The number of ether oxygens (including phenoxy) is 1. The summed E-state index contributed by atoms with van der Waals surface area (Å²) >= 11 is 17.6. The summed E-state index contributed by atoms with van der Waals surface area (Å²) < 4.78 is 32.3. The maximum atomic E-state index is 12.2. The number of hydrogen-bond acceptors (Lipinski definition) is 4. The molecule has 0 bridgehead atoms. The molecule has 0 amide bonds. The third-order valence-corrected chi connectivity index (χ3v) is 6.25. The maximum absolute atomic E-state index is 12.2. The molecule has 1 heterocycles. The van der Waals surface area contributed by atoms with Gasteiger partial charge in [-0.05, 0) is 25.1 Å². The topological polar surface area (TPSA) is 58.6 Å². The zero-order chi connectivity index (χ0) is 16.2. The summed E-state index contributed by atoms with van der Waals surface area (Å²) in [7, 11) is -3.70. The molecular formula is C13H17Cl3N2O3S. The number of nitrogens with one attached hydrogen (secondary N) is 1. The molecule has 0 saturated carbocycles. The minimum atomic E-state index is -3.70. The third kappa shape index (κ3) is 4.71. The molecule has 0 atom stereocenters. The summed E-state index contributed by atoms with van der Waals surface area (Å²) in [5.41, 5.74) is 0. The van der Waals surface area contributed by atoms with Crippen molar-refractivity contribution in [2.75, 3.05) is 39.4 Å². The van der Waals surface area contributed by atoms with Crippen LogP contribution in [0.3, 0.4) is 0 Å². The fourth-order valence-corrected chi connectivity index (χ4v) is 4.18. The molecule has 1 fully saturated rings. The van der Waals surface area contributed by atoms with E-state index in [1.165, 1.54) is 12.1 Å². The molecule has 0 spiro atoms. The van der Waals surface area contributed by atoms with E-state index < -0.39 is 10.0 Å². The van der Waals surface area contributed by atoms with E-state index in [2.05, 4.69) is 9.62 Å². The molecule has 0 aliphatic carbocycles. The molecule has 1 aliphatic rings. The number of rotatable bonds is 6. The molecule has 1 aromatic rings. The van der Waals surface area contributed by atoms with Crippen LogP contribution in [0.4, 0.5) is 0 Å². The van der Waals surface area contributed by atoms with E-state index in [9.17, 15) is 8.42 Å². The summed E-state index contributed by atoms with van der Waals surface area (Å²) in [5, 5.41) is 0.201. The molecular weight excluding hydrogens is 371 g/mol. The van der Waals surface area contributed by atoms with Crippen LogP contribution in [0.2, 0.25) is 15.1 Å². The van der Waals surface area contributed by atoms with Crippen molar-refractivity contribution in [1.82, 2.24) is 9.62 Å². The summed E-state index contributed by atoms with van der Waals surface area (Å²) in [4.78, 5) is 2.18. The predicted molar refractivity (Wildman–Crippen MR) is 88.5 cm³/mol. The van der Waals surface area contributed by atoms with E-state index in [0.29, 0.717) is 13.0 Å². The van der Waals surface area contributed by atoms with Gasteiger partial charge < -0.3 is 4.74 Å². The van der Waals surface area contributed by atoms with Gasteiger partial charge in [0.2, 0.25) is 10.0 Å². The van der Waals surface area contributed by atoms with Gasteiger partial charge in [-0.25, -0.2) is 13.1 Å². The van der Waals surface area contributed by atoms with E-state index in [1.54, 1.807) is 0 Å². The van der Waals surface area contributed by atoms with Gasteiger partial charge in [0.1, 0.15) is 4.90 Å². The van der Waals surface area contributed by atoms with Crippen molar-refractivity contribution >= 4 is 44.8 Å². The molecule has 9 heteroatoms. The van der Waals surface area contributed by atoms with Crippen LogP contribution in [0.15, 0.2) is 17.0 Å². The van der Waals surface area contributed by atoms with E-state index in [4.69, 9.17) is 39.5 Å². The minimum absolute atomic E-state index is 0.0412. The summed E-state index contributed by atoms with van der Waals surface area (Å²) in [5.74, 6) is 0. The lowest BCUT2D eigenvalue weighted by atomic mass is 10.3. The molecule has 1 aromatic carbocycles. The van der Waals surface area contributed by atoms with Gasteiger partial charge in [-0.15, -0.1) is 0 Å². The SMILES string of the molecule is O=S(=O)(NCCCN1CCOCC1)c1ccc(Cl)c(Cl)c1Cl. The Morgan fingerprint density at radius 3 is 2.50 bits per heavy atom. The van der Waals surface area contributed by atoms with Crippen molar-refractivity contribution in [1.29, 1.82) is 0 Å². The van der Waals surface area contributed by atoms with Gasteiger partial charge in [0, 0.05) is 19.6 Å². The lowest BCUT2D eigenvalue weighted by Gasteiger charge is -2.26. The van der Waals surface area contributed by atoms with Gasteiger partial charge >= 0.3 is 0 Å². The van der Waals surface area contributed by atoms with Crippen LogP contribution < -0.4 is 4.72 Å². The summed E-state index contributed by atoms with van der Waals surface area (Å²) in [6.07, 6.45) is 0.707. The highest BCUT2D eigenvalue weighted by atomic mass is 35.5. The molecule has 1 N–H and O–H groups in total. The van der Waals surface area contributed by atoms with E-state index in [1.807, 2.05) is 0 Å². The van der Waals surface area contributed by atoms with Crippen LogP contribution in [0, 0.1) is 0 Å². The molecule has 1 saturated heterocycles. The molecule has 0 aromatic heterocycles. The quantitative estimate of drug-likeness (QED) is 0.602. The second-order valence-corrected chi connectivity index (χ2v) is 7.78. The first-order chi connectivity index (χ1) is 10.4. The number of morpholine rings is 1. The Morgan fingerprint density at radius 1 is 1.14 bits per heavy atom. The highest BCUT2D eigenvalue weighted by Gasteiger charge is 2.20. The Hall–Kier alpha value is -0.0800. The lowest BCUT2D eigenvalue weighted by Crippen LogP contribution is -2.38. The highest BCUT2D eigenvalue weighted by Crippen LogP contribution is 2.34. The second-order valence-electron chi connectivity index (χ2n) is 4.88. The average molecular weight is 388 g/mol. The number of sulfonamides is 1. The Bertz CT molecular complexity index is 619. The van der Waals surface area contributed by atoms with Crippen molar-refractivity contribution in [3.63, 3.8) is 0 Å². The summed E-state index contributed by atoms with van der Waals surface area (Å²) in [6, 6.07) is 2.76. The lowest BCUT2D eigenvalue weighted by molar-refractivity contribution is 0.0376. The first-order valence-corrected chi connectivity index (χ1v) is 9.47. The van der Waals surface area contributed by atoms with Gasteiger partial charge in [-0.1, -0.05) is 34.8 Å². The smallest absolute Gasteiger partial charge is 0.242 e. The van der Waals surface area contributed by atoms with Crippen molar-refractivity contribution in [3.05, 3.63) is 27.2 Å². The van der Waals surface area contributed by atoms with Crippen molar-refractivity contribution in [3.8, 4) is 0 Å². The zero-order valence-electron chi connectivity index (χ0n) is 11.8. The highest BCUT2D eigenvalue weighted by molar-refractivity contribution is 7.89. The van der Waals surface area contributed by atoms with E-state index in [0.717, 1.165) is 32.8 Å². The van der Waals surface area contributed by atoms with Crippen LogP contribution in [0.25, 0.3) is 0 Å². The van der Waals surface area contributed by atoms with Gasteiger partial charge in [0.25, 0.3) is 0 Å². The predicted octanol–water partition coefficient (Wildman–Crippen LogP) is 2.65. The maximum Gasteiger partial charge on any atom is 0.242 e. The Labute approximate surface area is 145 Å². The minimum Gasteiger partial charge on any atom is -0.379 e. The molecule has 124 valence electrons. The van der Waals surface area contributed by atoms with Gasteiger partial charge in [0.15, 0.2) is 0 Å². The molecule has 2 rings (SSSR count). The number of nitrogens with zero attached hydrogens (tertiary/aromatic N) is 1. The Balaban J connectivity index is 1.90. The standard InChI is InChI=1S/C13H17Cl3N2O3S/c14-10-2-3-11(13(16)12(10)15)22(19,20)17-4-1-5-18-6-8-21-9-7-18/h2-3,17H,1,4-9H2. The normalized spacial score (nSPS) is 16.9. The van der Waals surface area contributed by atoms with Gasteiger partial charge in [0.05, 0.1) is 28.3 Å². The number of benzene rings is 1. The second kappa shape index (κ2) is 8.15. The monoisotopic (exact) mass is 386 g/mol. The average Bonchev–Trinajstić information content (AvgIpc) is 2.50. The molecule has 1 aliphatic heterocycles. The fraction of sp³-hybridized carbons (Fsp3) is 0.538. The van der Waals surface area contributed by atoms with Crippen LogP contribution in [-0.2, 0) is 14.8 Å². The first kappa shape index (κ1) is 18.3. The third-order valence-electron chi connectivity index (χ3n) is 3.34.